The van der Waals surface area contributed by atoms with E-state index in [-0.39, 0.29) is 0 Å². The van der Waals surface area contributed by atoms with Crippen molar-refractivity contribution in [3.63, 3.8) is 0 Å². The molecule has 0 aliphatic carbocycles. The minimum atomic E-state index is 0.549. The van der Waals surface area contributed by atoms with Gasteiger partial charge < -0.3 is 10.2 Å². The van der Waals surface area contributed by atoms with E-state index in [2.05, 4.69) is 36.0 Å². The summed E-state index contributed by atoms with van der Waals surface area (Å²) in [5.41, 5.74) is 0.549. The highest BCUT2D eigenvalue weighted by molar-refractivity contribution is 4.89. The summed E-state index contributed by atoms with van der Waals surface area (Å²) in [5, 5.41) is 3.60. The molecule has 2 unspecified atom stereocenters. The molecule has 1 N–H and O–H groups in total. The average Bonchev–Trinajstić information content (AvgIpc) is 2.35. The fourth-order valence-corrected chi connectivity index (χ4v) is 3.32. The van der Waals surface area contributed by atoms with E-state index in [0.717, 1.165) is 0 Å². The summed E-state index contributed by atoms with van der Waals surface area (Å²) < 4.78 is 0. The van der Waals surface area contributed by atoms with Gasteiger partial charge in [-0.2, -0.15) is 0 Å². The second-order valence-corrected chi connectivity index (χ2v) is 6.20. The van der Waals surface area contributed by atoms with E-state index >= 15 is 0 Å². The van der Waals surface area contributed by atoms with Crippen LogP contribution in [0.25, 0.3) is 0 Å². The van der Waals surface area contributed by atoms with Crippen molar-refractivity contribution in [2.45, 2.75) is 39.2 Å². The van der Waals surface area contributed by atoms with Crippen molar-refractivity contribution < 1.29 is 0 Å². The summed E-state index contributed by atoms with van der Waals surface area (Å²) in [5.74, 6) is 0. The molecule has 2 rings (SSSR count). The molecule has 0 aromatic rings. The number of rotatable bonds is 3. The van der Waals surface area contributed by atoms with Gasteiger partial charge in [-0.1, -0.05) is 6.92 Å². The number of piperidine rings is 1. The monoisotopic (exact) mass is 239 g/mol. The lowest BCUT2D eigenvalue weighted by atomic mass is 9.77. The van der Waals surface area contributed by atoms with Crippen molar-refractivity contribution in [2.75, 3.05) is 46.3 Å². The predicted octanol–water partition coefficient (Wildman–Crippen LogP) is 1.40. The first-order chi connectivity index (χ1) is 8.15. The molecule has 2 fully saturated rings. The molecule has 3 heteroatoms. The molecule has 0 amide bonds. The maximum Gasteiger partial charge on any atom is 0.0192 e. The molecule has 17 heavy (non-hydrogen) atoms. The zero-order valence-electron chi connectivity index (χ0n) is 11.8. The molecule has 3 nitrogen and oxygen atoms in total. The third-order valence-electron chi connectivity index (χ3n) is 4.91. The molecule has 2 aliphatic heterocycles. The van der Waals surface area contributed by atoms with Gasteiger partial charge in [0.2, 0.25) is 0 Å². The van der Waals surface area contributed by atoms with E-state index in [1.807, 2.05) is 0 Å². The van der Waals surface area contributed by atoms with Crippen molar-refractivity contribution in [2.24, 2.45) is 5.41 Å². The van der Waals surface area contributed by atoms with E-state index < -0.39 is 0 Å². The van der Waals surface area contributed by atoms with Crippen molar-refractivity contribution in [1.82, 2.24) is 15.1 Å². The van der Waals surface area contributed by atoms with Gasteiger partial charge in [0.15, 0.2) is 0 Å². The van der Waals surface area contributed by atoms with Gasteiger partial charge >= 0.3 is 0 Å². The van der Waals surface area contributed by atoms with Gasteiger partial charge in [-0.3, -0.25) is 4.90 Å². The standard InChI is InChI=1S/C14H29N3/c1-4-14(6-5-7-15-11-14)12-17-9-8-16(3)13(2)10-17/h13,15H,4-12H2,1-3H3. The van der Waals surface area contributed by atoms with Crippen LogP contribution >= 0.6 is 0 Å². The molecule has 0 radical (unpaired) electrons. The molecular weight excluding hydrogens is 210 g/mol. The summed E-state index contributed by atoms with van der Waals surface area (Å²) >= 11 is 0. The Morgan fingerprint density at radius 3 is 2.76 bits per heavy atom. The van der Waals surface area contributed by atoms with Crippen LogP contribution in [0, 0.1) is 5.41 Å². The molecule has 100 valence electrons. The molecule has 2 heterocycles. The Bertz CT molecular complexity index is 236. The van der Waals surface area contributed by atoms with Crippen LogP contribution in [0.1, 0.15) is 33.1 Å². The second kappa shape index (κ2) is 5.68. The van der Waals surface area contributed by atoms with E-state index in [0.29, 0.717) is 11.5 Å². The minimum absolute atomic E-state index is 0.549. The summed E-state index contributed by atoms with van der Waals surface area (Å²) in [7, 11) is 2.25. The third-order valence-corrected chi connectivity index (χ3v) is 4.91. The Morgan fingerprint density at radius 1 is 1.35 bits per heavy atom. The van der Waals surface area contributed by atoms with Gasteiger partial charge in [0.1, 0.15) is 0 Å². The van der Waals surface area contributed by atoms with E-state index in [1.54, 1.807) is 0 Å². The first-order valence-corrected chi connectivity index (χ1v) is 7.28. The van der Waals surface area contributed by atoms with Crippen LogP contribution in [0.3, 0.4) is 0 Å². The van der Waals surface area contributed by atoms with Crippen LogP contribution in [0.5, 0.6) is 0 Å². The SMILES string of the molecule is CCC1(CN2CCN(C)C(C)C2)CCCNC1. The van der Waals surface area contributed by atoms with Gasteiger partial charge in [0.25, 0.3) is 0 Å². The Hall–Kier alpha value is -0.120. The van der Waals surface area contributed by atoms with Crippen molar-refractivity contribution in [3.05, 3.63) is 0 Å². The first-order valence-electron chi connectivity index (χ1n) is 7.28. The van der Waals surface area contributed by atoms with E-state index in [1.165, 1.54) is 58.5 Å². The average molecular weight is 239 g/mol. The number of hydrogen-bond donors (Lipinski definition) is 1. The summed E-state index contributed by atoms with van der Waals surface area (Å²) in [6.07, 6.45) is 4.09. The smallest absolute Gasteiger partial charge is 0.0192 e. The summed E-state index contributed by atoms with van der Waals surface area (Å²) in [6.45, 7) is 12.2. The number of likely N-dealkylation sites (N-methyl/N-ethyl adjacent to an activating group) is 1. The van der Waals surface area contributed by atoms with Crippen molar-refractivity contribution in [1.29, 1.82) is 0 Å². The highest BCUT2D eigenvalue weighted by Gasteiger charge is 2.33. The molecule has 0 bridgehead atoms. The van der Waals surface area contributed by atoms with Crippen LogP contribution in [0.4, 0.5) is 0 Å². The number of hydrogen-bond acceptors (Lipinski definition) is 3. The lowest BCUT2D eigenvalue weighted by Crippen LogP contribution is -2.55. The zero-order chi connectivity index (χ0) is 12.3. The number of nitrogens with zero attached hydrogens (tertiary/aromatic N) is 2. The summed E-state index contributed by atoms with van der Waals surface area (Å²) in [4.78, 5) is 5.18. The van der Waals surface area contributed by atoms with Crippen molar-refractivity contribution in [3.8, 4) is 0 Å². The maximum atomic E-state index is 3.60. The topological polar surface area (TPSA) is 18.5 Å². The van der Waals surface area contributed by atoms with E-state index in [9.17, 15) is 0 Å². The van der Waals surface area contributed by atoms with Crippen LogP contribution < -0.4 is 5.32 Å². The third kappa shape index (κ3) is 3.21. The van der Waals surface area contributed by atoms with E-state index in [4.69, 9.17) is 0 Å². The van der Waals surface area contributed by atoms with Crippen LogP contribution in [0.15, 0.2) is 0 Å². The fraction of sp³-hybridized carbons (Fsp3) is 1.00. The van der Waals surface area contributed by atoms with Crippen molar-refractivity contribution >= 4 is 0 Å². The Kier molecular flexibility index (Phi) is 4.45. The van der Waals surface area contributed by atoms with Gasteiger partial charge in [-0.05, 0) is 45.2 Å². The molecule has 2 atom stereocenters. The number of piperazine rings is 1. The lowest BCUT2D eigenvalue weighted by molar-refractivity contribution is 0.0510. The zero-order valence-corrected chi connectivity index (χ0v) is 11.8. The van der Waals surface area contributed by atoms with Crippen LogP contribution in [0.2, 0.25) is 0 Å². The Balaban J connectivity index is 1.90. The number of nitrogens with one attached hydrogen (secondary N) is 1. The van der Waals surface area contributed by atoms with Gasteiger partial charge in [-0.25, -0.2) is 0 Å². The summed E-state index contributed by atoms with van der Waals surface area (Å²) in [6, 6.07) is 0.717. The largest absolute Gasteiger partial charge is 0.316 e. The highest BCUT2D eigenvalue weighted by atomic mass is 15.3. The van der Waals surface area contributed by atoms with Crippen LogP contribution in [-0.4, -0.2) is 62.2 Å². The van der Waals surface area contributed by atoms with Gasteiger partial charge in [-0.15, -0.1) is 0 Å². The second-order valence-electron chi connectivity index (χ2n) is 6.20. The quantitative estimate of drug-likeness (QED) is 0.803. The lowest BCUT2D eigenvalue weighted by Gasteiger charge is -2.45. The predicted molar refractivity (Wildman–Crippen MR) is 73.4 cm³/mol. The minimum Gasteiger partial charge on any atom is -0.316 e. The normalized spacial score (nSPS) is 37.2. The molecule has 0 saturated carbocycles. The van der Waals surface area contributed by atoms with Gasteiger partial charge in [0, 0.05) is 38.8 Å². The molecule has 2 aliphatic rings. The first kappa shape index (κ1) is 13.3. The van der Waals surface area contributed by atoms with Gasteiger partial charge in [0.05, 0.1) is 0 Å². The molecule has 2 saturated heterocycles. The molecule has 0 spiro atoms. The molecular formula is C14H29N3. The maximum absolute atomic E-state index is 3.60. The van der Waals surface area contributed by atoms with Crippen LogP contribution in [-0.2, 0) is 0 Å². The molecule has 0 aromatic heterocycles. The fourth-order valence-electron chi connectivity index (χ4n) is 3.32. The highest BCUT2D eigenvalue weighted by Crippen LogP contribution is 2.31. The Labute approximate surface area is 107 Å². The molecule has 0 aromatic carbocycles. The Morgan fingerprint density at radius 2 is 2.18 bits per heavy atom.